The Morgan fingerprint density at radius 2 is 1.80 bits per heavy atom. The van der Waals surface area contributed by atoms with Gasteiger partial charge in [-0.15, -0.1) is 0 Å². The second kappa shape index (κ2) is 5.20. The summed E-state index contributed by atoms with van der Waals surface area (Å²) in [6, 6.07) is 2.31. The number of imide groups is 1. The molecule has 0 bridgehead atoms. The summed E-state index contributed by atoms with van der Waals surface area (Å²) in [6.07, 6.45) is 4.70. The van der Waals surface area contributed by atoms with Crippen molar-refractivity contribution >= 4 is 11.8 Å². The van der Waals surface area contributed by atoms with Gasteiger partial charge in [-0.1, -0.05) is 20.8 Å². The maximum Gasteiger partial charge on any atom is 0.237 e. The van der Waals surface area contributed by atoms with Crippen molar-refractivity contribution < 1.29 is 9.59 Å². The van der Waals surface area contributed by atoms with E-state index in [0.29, 0.717) is 31.6 Å². The van der Waals surface area contributed by atoms with Crippen LogP contribution in [0.2, 0.25) is 0 Å². The lowest BCUT2D eigenvalue weighted by Gasteiger charge is -2.40. The summed E-state index contributed by atoms with van der Waals surface area (Å²) >= 11 is 0. The van der Waals surface area contributed by atoms with Crippen molar-refractivity contribution in [2.24, 2.45) is 11.3 Å². The third-order valence-corrected chi connectivity index (χ3v) is 5.49. The molecule has 0 aromatic heterocycles. The van der Waals surface area contributed by atoms with Crippen LogP contribution in [0, 0.1) is 22.7 Å². The number of nitrogens with zero attached hydrogens (tertiary/aromatic N) is 2. The number of carbonyl (C=O) groups excluding carboxylic acids is 2. The second-order valence-corrected chi connectivity index (χ2v) is 6.52. The summed E-state index contributed by atoms with van der Waals surface area (Å²) in [4.78, 5) is 26.6. The van der Waals surface area contributed by atoms with Crippen LogP contribution in [-0.2, 0) is 9.59 Å². The zero-order valence-electron chi connectivity index (χ0n) is 12.7. The molecule has 2 aliphatic rings. The van der Waals surface area contributed by atoms with E-state index in [2.05, 4.69) is 13.0 Å². The van der Waals surface area contributed by atoms with E-state index in [4.69, 9.17) is 0 Å². The maximum atomic E-state index is 12.8. The van der Waals surface area contributed by atoms with Gasteiger partial charge in [-0.2, -0.15) is 5.26 Å². The van der Waals surface area contributed by atoms with Gasteiger partial charge in [-0.05, 0) is 44.4 Å². The SMILES string of the molecule is CCC1(CC)CC(=O)N(C2(C#N)CCC(C)CC2)C1=O. The molecule has 1 saturated heterocycles. The minimum Gasteiger partial charge on any atom is -0.274 e. The number of hydrogen-bond acceptors (Lipinski definition) is 3. The number of amides is 2. The summed E-state index contributed by atoms with van der Waals surface area (Å²) in [6.45, 7) is 6.08. The average Bonchev–Trinajstić information content (AvgIpc) is 2.72. The van der Waals surface area contributed by atoms with Gasteiger partial charge in [0.25, 0.3) is 0 Å². The van der Waals surface area contributed by atoms with Gasteiger partial charge in [-0.3, -0.25) is 14.5 Å². The minimum absolute atomic E-state index is 0.108. The van der Waals surface area contributed by atoms with E-state index in [0.717, 1.165) is 12.8 Å². The lowest BCUT2D eigenvalue weighted by atomic mass is 9.76. The fraction of sp³-hybridized carbons (Fsp3) is 0.812. The summed E-state index contributed by atoms with van der Waals surface area (Å²) in [7, 11) is 0. The van der Waals surface area contributed by atoms with Gasteiger partial charge >= 0.3 is 0 Å². The highest BCUT2D eigenvalue weighted by atomic mass is 16.2. The lowest BCUT2D eigenvalue weighted by molar-refractivity contribution is -0.148. The molecule has 1 heterocycles. The third-order valence-electron chi connectivity index (χ3n) is 5.49. The molecule has 4 heteroatoms. The van der Waals surface area contributed by atoms with E-state index in [1.165, 1.54) is 4.90 Å². The van der Waals surface area contributed by atoms with Crippen LogP contribution in [0.5, 0.6) is 0 Å². The molecule has 0 unspecified atom stereocenters. The lowest BCUT2D eigenvalue weighted by Crippen LogP contribution is -2.53. The standard InChI is InChI=1S/C16H24N2O2/c1-4-15(5-2)10-13(19)18(14(15)20)16(11-17)8-6-12(3)7-9-16/h12H,4-10H2,1-3H3. The van der Waals surface area contributed by atoms with Crippen molar-refractivity contribution in [1.29, 1.82) is 5.26 Å². The molecule has 2 fully saturated rings. The second-order valence-electron chi connectivity index (χ2n) is 6.52. The van der Waals surface area contributed by atoms with Gasteiger partial charge in [-0.25, -0.2) is 0 Å². The number of nitriles is 1. The predicted octanol–water partition coefficient (Wildman–Crippen LogP) is 3.02. The topological polar surface area (TPSA) is 61.2 Å². The molecule has 0 aromatic rings. The molecule has 0 atom stereocenters. The Bertz CT molecular complexity index is 452. The van der Waals surface area contributed by atoms with Crippen molar-refractivity contribution in [3.8, 4) is 6.07 Å². The van der Waals surface area contributed by atoms with E-state index >= 15 is 0 Å². The first-order valence-corrected chi connectivity index (χ1v) is 7.73. The Kier molecular flexibility index (Phi) is 3.90. The van der Waals surface area contributed by atoms with Gasteiger partial charge in [0.05, 0.1) is 11.5 Å². The summed E-state index contributed by atoms with van der Waals surface area (Å²) < 4.78 is 0. The van der Waals surface area contributed by atoms with Crippen LogP contribution >= 0.6 is 0 Å². The van der Waals surface area contributed by atoms with Crippen LogP contribution in [0.4, 0.5) is 0 Å². The zero-order chi connectivity index (χ0) is 15.0. The summed E-state index contributed by atoms with van der Waals surface area (Å²) in [5.41, 5.74) is -1.45. The molecule has 110 valence electrons. The van der Waals surface area contributed by atoms with Gasteiger partial charge in [0.2, 0.25) is 11.8 Å². The van der Waals surface area contributed by atoms with Crippen molar-refractivity contribution in [3.05, 3.63) is 0 Å². The molecule has 4 nitrogen and oxygen atoms in total. The van der Waals surface area contributed by atoms with Crippen LogP contribution in [0.1, 0.15) is 65.7 Å². The fourth-order valence-corrected chi connectivity index (χ4v) is 3.66. The van der Waals surface area contributed by atoms with Crippen LogP contribution in [0.3, 0.4) is 0 Å². The average molecular weight is 276 g/mol. The van der Waals surface area contributed by atoms with E-state index in [-0.39, 0.29) is 18.2 Å². The Morgan fingerprint density at radius 1 is 1.25 bits per heavy atom. The molecular weight excluding hydrogens is 252 g/mol. The number of likely N-dealkylation sites (tertiary alicyclic amines) is 1. The highest BCUT2D eigenvalue weighted by Gasteiger charge is 2.56. The number of rotatable bonds is 3. The fourth-order valence-electron chi connectivity index (χ4n) is 3.66. The first kappa shape index (κ1) is 15.0. The summed E-state index contributed by atoms with van der Waals surface area (Å²) in [5.74, 6) is 0.324. The number of hydrogen-bond donors (Lipinski definition) is 0. The Balaban J connectivity index is 2.34. The Labute approximate surface area is 121 Å². The van der Waals surface area contributed by atoms with Gasteiger partial charge in [0.15, 0.2) is 0 Å². The van der Waals surface area contributed by atoms with Gasteiger partial charge < -0.3 is 0 Å². The maximum absolute atomic E-state index is 12.8. The van der Waals surface area contributed by atoms with Crippen molar-refractivity contribution in [2.45, 2.75) is 71.3 Å². The van der Waals surface area contributed by atoms with Crippen LogP contribution in [0.15, 0.2) is 0 Å². The Morgan fingerprint density at radius 3 is 2.20 bits per heavy atom. The molecule has 1 aliphatic carbocycles. The molecule has 0 N–H and O–H groups in total. The molecule has 2 rings (SSSR count). The normalized spacial score (nSPS) is 33.3. The number of carbonyl (C=O) groups is 2. The molecule has 2 amide bonds. The molecule has 0 spiro atoms. The van der Waals surface area contributed by atoms with E-state index in [1.807, 2.05) is 13.8 Å². The molecule has 0 aromatic carbocycles. The van der Waals surface area contributed by atoms with Crippen LogP contribution in [0.25, 0.3) is 0 Å². The first-order chi connectivity index (χ1) is 9.44. The van der Waals surface area contributed by atoms with E-state index < -0.39 is 11.0 Å². The largest absolute Gasteiger partial charge is 0.274 e. The molecule has 1 aliphatic heterocycles. The molecule has 1 saturated carbocycles. The molecule has 20 heavy (non-hydrogen) atoms. The zero-order valence-corrected chi connectivity index (χ0v) is 12.7. The Hall–Kier alpha value is -1.37. The van der Waals surface area contributed by atoms with E-state index in [1.54, 1.807) is 0 Å². The highest BCUT2D eigenvalue weighted by molar-refractivity contribution is 6.07. The quantitative estimate of drug-likeness (QED) is 0.744. The predicted molar refractivity (Wildman–Crippen MR) is 75.5 cm³/mol. The van der Waals surface area contributed by atoms with Crippen LogP contribution < -0.4 is 0 Å². The monoisotopic (exact) mass is 276 g/mol. The highest BCUT2D eigenvalue weighted by Crippen LogP contribution is 2.46. The molecule has 0 radical (unpaired) electrons. The van der Waals surface area contributed by atoms with Crippen LogP contribution in [-0.4, -0.2) is 22.3 Å². The van der Waals surface area contributed by atoms with Crippen molar-refractivity contribution in [2.75, 3.05) is 0 Å². The van der Waals surface area contributed by atoms with Gasteiger partial charge in [0, 0.05) is 6.42 Å². The third kappa shape index (κ3) is 2.04. The van der Waals surface area contributed by atoms with Gasteiger partial charge in [0.1, 0.15) is 5.54 Å². The minimum atomic E-state index is -0.882. The molecular formula is C16H24N2O2. The first-order valence-electron chi connectivity index (χ1n) is 7.73. The van der Waals surface area contributed by atoms with E-state index in [9.17, 15) is 14.9 Å². The van der Waals surface area contributed by atoms with Crippen molar-refractivity contribution in [3.63, 3.8) is 0 Å². The summed E-state index contributed by atoms with van der Waals surface area (Å²) in [5, 5.41) is 9.64. The van der Waals surface area contributed by atoms with Crippen molar-refractivity contribution in [1.82, 2.24) is 4.90 Å². The smallest absolute Gasteiger partial charge is 0.237 e.